The maximum absolute atomic E-state index is 13.6. The minimum Gasteiger partial charge on any atom is -0.368 e. The van der Waals surface area contributed by atoms with Crippen molar-refractivity contribution in [2.45, 2.75) is 53.5 Å². The predicted molar refractivity (Wildman–Crippen MR) is 153 cm³/mol. The SMILES string of the molecule is Cc1ccc(Nc2nc(NC(C)(C)CC(C)(C)C)cc(C(=O)N3CCN(c4ccccc4)CC3)n2)cc1. The number of hydrogen-bond donors (Lipinski definition) is 2. The van der Waals surface area contributed by atoms with Gasteiger partial charge in [0.05, 0.1) is 0 Å². The molecule has 1 aliphatic heterocycles. The van der Waals surface area contributed by atoms with Gasteiger partial charge in [0.2, 0.25) is 5.95 Å². The number of hydrogen-bond acceptors (Lipinski definition) is 6. The Morgan fingerprint density at radius 3 is 2.16 bits per heavy atom. The largest absolute Gasteiger partial charge is 0.368 e. The topological polar surface area (TPSA) is 73.4 Å². The number of aromatic nitrogens is 2. The molecule has 0 unspecified atom stereocenters. The number of rotatable bonds is 7. The lowest BCUT2D eigenvalue weighted by Gasteiger charge is -2.36. The number of nitrogens with zero attached hydrogens (tertiary/aromatic N) is 4. The van der Waals surface area contributed by atoms with Crippen LogP contribution in [0, 0.1) is 12.3 Å². The molecule has 7 heteroatoms. The number of carbonyl (C=O) groups is 1. The van der Waals surface area contributed by atoms with Gasteiger partial charge in [-0.15, -0.1) is 0 Å². The summed E-state index contributed by atoms with van der Waals surface area (Å²) in [5, 5.41) is 6.86. The summed E-state index contributed by atoms with van der Waals surface area (Å²) < 4.78 is 0. The zero-order valence-corrected chi connectivity index (χ0v) is 23.0. The molecule has 2 heterocycles. The molecule has 0 atom stereocenters. The number of nitrogens with one attached hydrogen (secondary N) is 2. The zero-order valence-electron chi connectivity index (χ0n) is 23.0. The van der Waals surface area contributed by atoms with Crippen LogP contribution in [0.25, 0.3) is 0 Å². The second kappa shape index (κ2) is 10.8. The van der Waals surface area contributed by atoms with Crippen LogP contribution in [0.3, 0.4) is 0 Å². The van der Waals surface area contributed by atoms with Crippen molar-refractivity contribution in [2.24, 2.45) is 5.41 Å². The van der Waals surface area contributed by atoms with Crippen molar-refractivity contribution in [3.05, 3.63) is 71.9 Å². The lowest BCUT2D eigenvalue weighted by atomic mass is 9.82. The first kappa shape index (κ1) is 26.5. The van der Waals surface area contributed by atoms with Gasteiger partial charge in [-0.2, -0.15) is 4.98 Å². The van der Waals surface area contributed by atoms with E-state index in [-0.39, 0.29) is 16.9 Å². The number of anilines is 4. The lowest BCUT2D eigenvalue weighted by molar-refractivity contribution is 0.0741. The van der Waals surface area contributed by atoms with E-state index in [1.165, 1.54) is 11.3 Å². The summed E-state index contributed by atoms with van der Waals surface area (Å²) >= 11 is 0. The molecule has 1 saturated heterocycles. The Bertz CT molecular complexity index is 1190. The Labute approximate surface area is 221 Å². The highest BCUT2D eigenvalue weighted by Crippen LogP contribution is 2.30. The third kappa shape index (κ3) is 7.44. The Hall–Kier alpha value is -3.61. The molecule has 2 N–H and O–H groups in total. The van der Waals surface area contributed by atoms with Gasteiger partial charge in [-0.3, -0.25) is 4.79 Å². The highest BCUT2D eigenvalue weighted by atomic mass is 16.2. The monoisotopic (exact) mass is 500 g/mol. The second-order valence-corrected chi connectivity index (χ2v) is 11.8. The second-order valence-electron chi connectivity index (χ2n) is 11.8. The average molecular weight is 501 g/mol. The molecule has 7 nitrogen and oxygen atoms in total. The van der Waals surface area contributed by atoms with Gasteiger partial charge >= 0.3 is 0 Å². The van der Waals surface area contributed by atoms with Gasteiger partial charge in [-0.1, -0.05) is 56.7 Å². The minimum absolute atomic E-state index is 0.0706. The summed E-state index contributed by atoms with van der Waals surface area (Å²) in [5.74, 6) is 0.982. The van der Waals surface area contributed by atoms with Crippen molar-refractivity contribution >= 4 is 29.0 Å². The van der Waals surface area contributed by atoms with Crippen molar-refractivity contribution in [3.63, 3.8) is 0 Å². The molecule has 1 amide bonds. The fourth-order valence-corrected chi connectivity index (χ4v) is 5.13. The van der Waals surface area contributed by atoms with Crippen LogP contribution in [0.4, 0.5) is 23.1 Å². The fourth-order valence-electron chi connectivity index (χ4n) is 5.13. The third-order valence-electron chi connectivity index (χ3n) is 6.38. The smallest absolute Gasteiger partial charge is 0.272 e. The van der Waals surface area contributed by atoms with Crippen molar-refractivity contribution in [1.82, 2.24) is 14.9 Å². The summed E-state index contributed by atoms with van der Waals surface area (Å²) in [6.45, 7) is 15.9. The normalized spacial score (nSPS) is 14.4. The van der Waals surface area contributed by atoms with Crippen molar-refractivity contribution in [3.8, 4) is 0 Å². The quantitative estimate of drug-likeness (QED) is 0.407. The van der Waals surface area contributed by atoms with Crippen LogP contribution >= 0.6 is 0 Å². The van der Waals surface area contributed by atoms with Gasteiger partial charge in [0, 0.05) is 49.2 Å². The Balaban J connectivity index is 1.56. The number of amides is 1. The molecule has 2 aromatic carbocycles. The van der Waals surface area contributed by atoms with E-state index < -0.39 is 0 Å². The van der Waals surface area contributed by atoms with E-state index in [0.717, 1.165) is 25.2 Å². The molecule has 1 fully saturated rings. The molecule has 1 aliphatic rings. The first-order valence-electron chi connectivity index (χ1n) is 13.1. The Morgan fingerprint density at radius 1 is 0.892 bits per heavy atom. The highest BCUT2D eigenvalue weighted by molar-refractivity contribution is 5.93. The van der Waals surface area contributed by atoms with Gasteiger partial charge in [-0.25, -0.2) is 4.98 Å². The van der Waals surface area contributed by atoms with Gasteiger partial charge in [0.25, 0.3) is 5.91 Å². The number of benzene rings is 2. The molecular weight excluding hydrogens is 460 g/mol. The van der Waals surface area contributed by atoms with Crippen LogP contribution in [-0.2, 0) is 0 Å². The summed E-state index contributed by atoms with van der Waals surface area (Å²) in [4.78, 5) is 27.2. The maximum atomic E-state index is 13.6. The number of carbonyl (C=O) groups excluding carboxylic acids is 1. The van der Waals surface area contributed by atoms with E-state index in [0.29, 0.717) is 30.5 Å². The van der Waals surface area contributed by atoms with E-state index in [1.54, 1.807) is 6.07 Å². The van der Waals surface area contributed by atoms with Gasteiger partial charge < -0.3 is 20.4 Å². The van der Waals surface area contributed by atoms with E-state index in [9.17, 15) is 4.79 Å². The van der Waals surface area contributed by atoms with Crippen LogP contribution < -0.4 is 15.5 Å². The molecule has 3 aromatic rings. The fraction of sp³-hybridized carbons (Fsp3) is 0.433. The van der Waals surface area contributed by atoms with Crippen LogP contribution in [0.1, 0.15) is 57.1 Å². The van der Waals surface area contributed by atoms with E-state index >= 15 is 0 Å². The molecule has 37 heavy (non-hydrogen) atoms. The zero-order chi connectivity index (χ0) is 26.6. The number of para-hydroxylation sites is 1. The molecule has 0 radical (unpaired) electrons. The number of piperazine rings is 1. The maximum Gasteiger partial charge on any atom is 0.272 e. The minimum atomic E-state index is -0.213. The van der Waals surface area contributed by atoms with Crippen LogP contribution in [0.15, 0.2) is 60.7 Å². The molecule has 1 aromatic heterocycles. The first-order valence-corrected chi connectivity index (χ1v) is 13.1. The summed E-state index contributed by atoms with van der Waals surface area (Å²) in [6.07, 6.45) is 0.940. The van der Waals surface area contributed by atoms with Crippen molar-refractivity contribution < 1.29 is 4.79 Å². The van der Waals surface area contributed by atoms with Crippen LogP contribution in [0.2, 0.25) is 0 Å². The third-order valence-corrected chi connectivity index (χ3v) is 6.38. The molecule has 0 aliphatic carbocycles. The average Bonchev–Trinajstić information content (AvgIpc) is 2.84. The Kier molecular flexibility index (Phi) is 7.71. The van der Waals surface area contributed by atoms with Crippen molar-refractivity contribution in [1.29, 1.82) is 0 Å². The van der Waals surface area contributed by atoms with Crippen LogP contribution in [-0.4, -0.2) is 52.5 Å². The molecule has 4 rings (SSSR count). The standard InChI is InChI=1S/C30H40N6O/c1-22-12-14-23(15-13-22)31-28-32-25(20-26(33-28)34-30(5,6)21-29(2,3)4)27(37)36-18-16-35(17-19-36)24-10-8-7-9-11-24/h7-15,20H,16-19,21H2,1-6H3,(H2,31,32,33,34). The van der Waals surface area contributed by atoms with Crippen LogP contribution in [0.5, 0.6) is 0 Å². The summed E-state index contributed by atoms with van der Waals surface area (Å²) in [5.41, 5.74) is 3.57. The first-order chi connectivity index (χ1) is 17.5. The van der Waals surface area contributed by atoms with E-state index in [2.05, 4.69) is 74.2 Å². The van der Waals surface area contributed by atoms with E-state index in [1.807, 2.05) is 47.4 Å². The molecule has 0 bridgehead atoms. The molecule has 196 valence electrons. The summed E-state index contributed by atoms with van der Waals surface area (Å²) in [6, 6.07) is 20.2. The van der Waals surface area contributed by atoms with E-state index in [4.69, 9.17) is 4.98 Å². The molecular formula is C30H40N6O. The van der Waals surface area contributed by atoms with Gasteiger partial charge in [0.15, 0.2) is 0 Å². The predicted octanol–water partition coefficient (Wildman–Crippen LogP) is 6.12. The van der Waals surface area contributed by atoms with Gasteiger partial charge in [0.1, 0.15) is 11.5 Å². The molecule has 0 spiro atoms. The van der Waals surface area contributed by atoms with Gasteiger partial charge in [-0.05, 0) is 56.9 Å². The lowest BCUT2D eigenvalue weighted by Crippen LogP contribution is -2.49. The highest BCUT2D eigenvalue weighted by Gasteiger charge is 2.28. The Morgan fingerprint density at radius 2 is 1.54 bits per heavy atom. The van der Waals surface area contributed by atoms with Crippen molar-refractivity contribution in [2.75, 3.05) is 41.7 Å². The summed E-state index contributed by atoms with van der Waals surface area (Å²) in [7, 11) is 0. The number of aryl methyl sites for hydroxylation is 1. The molecule has 0 saturated carbocycles.